The summed E-state index contributed by atoms with van der Waals surface area (Å²) in [6.07, 6.45) is 0.821. The summed E-state index contributed by atoms with van der Waals surface area (Å²) in [7, 11) is 0. The molecule has 0 spiro atoms. The van der Waals surface area contributed by atoms with Crippen LogP contribution < -0.4 is 5.32 Å². The second-order valence-electron chi connectivity index (χ2n) is 8.47. The Morgan fingerprint density at radius 1 is 1.03 bits per heavy atom. The standard InChI is InChI=1S/C26H27NO4/c1-15(2)31-26(30)23-16(3)27-21-13-19(17-7-5-4-6-8-17)14-22(29)25(21)24(23)18-9-11-20(28)12-10-18/h4-12,15,19,24,27-28H,13-14H2,1-3H3. The number of phenolic OH excluding ortho intramolecular Hbond substituents is 1. The van der Waals surface area contributed by atoms with E-state index >= 15 is 0 Å². The highest BCUT2D eigenvalue weighted by Gasteiger charge is 2.41. The van der Waals surface area contributed by atoms with E-state index in [1.165, 1.54) is 0 Å². The number of Topliss-reactive ketones (excluding diaryl/α,β-unsaturated/α-hetero) is 1. The molecule has 2 unspecified atom stereocenters. The number of carbonyl (C=O) groups excluding carboxylic acids is 2. The van der Waals surface area contributed by atoms with Crippen molar-refractivity contribution in [1.82, 2.24) is 5.32 Å². The molecule has 1 aliphatic heterocycles. The van der Waals surface area contributed by atoms with E-state index in [2.05, 4.69) is 17.4 Å². The molecule has 0 bridgehead atoms. The zero-order valence-electron chi connectivity index (χ0n) is 18.0. The molecule has 2 aliphatic rings. The van der Waals surface area contributed by atoms with Crippen molar-refractivity contribution in [2.24, 2.45) is 0 Å². The Bertz CT molecular complexity index is 1060. The van der Waals surface area contributed by atoms with Gasteiger partial charge >= 0.3 is 5.97 Å². The highest BCUT2D eigenvalue weighted by Crippen LogP contribution is 2.45. The Hall–Kier alpha value is -3.34. The highest BCUT2D eigenvalue weighted by atomic mass is 16.5. The molecule has 0 amide bonds. The molecule has 0 aromatic heterocycles. The van der Waals surface area contributed by atoms with Crippen molar-refractivity contribution in [2.75, 3.05) is 0 Å². The molecule has 1 heterocycles. The number of rotatable bonds is 4. The SMILES string of the molecule is CC1=C(C(=O)OC(C)C)C(c2ccc(O)cc2)C2=C(CC(c3ccccc3)CC2=O)N1. The number of aromatic hydroxyl groups is 1. The summed E-state index contributed by atoms with van der Waals surface area (Å²) in [5.74, 6) is -0.687. The third-order valence-corrected chi connectivity index (χ3v) is 5.89. The fourth-order valence-electron chi connectivity index (χ4n) is 4.55. The van der Waals surface area contributed by atoms with Gasteiger partial charge in [-0.1, -0.05) is 42.5 Å². The van der Waals surface area contributed by atoms with Crippen LogP contribution in [0.4, 0.5) is 0 Å². The van der Waals surface area contributed by atoms with E-state index in [4.69, 9.17) is 4.74 Å². The largest absolute Gasteiger partial charge is 0.508 e. The van der Waals surface area contributed by atoms with Crippen LogP contribution in [0.5, 0.6) is 5.75 Å². The van der Waals surface area contributed by atoms with Crippen molar-refractivity contribution >= 4 is 11.8 Å². The molecule has 160 valence electrons. The van der Waals surface area contributed by atoms with Crippen LogP contribution in [0.25, 0.3) is 0 Å². The lowest BCUT2D eigenvalue weighted by molar-refractivity contribution is -0.143. The summed E-state index contributed by atoms with van der Waals surface area (Å²) in [5, 5.41) is 13.1. The third-order valence-electron chi connectivity index (χ3n) is 5.89. The fourth-order valence-corrected chi connectivity index (χ4v) is 4.55. The number of ether oxygens (including phenoxy) is 1. The molecule has 2 aromatic carbocycles. The van der Waals surface area contributed by atoms with Gasteiger partial charge in [-0.2, -0.15) is 0 Å². The minimum absolute atomic E-state index is 0.0306. The summed E-state index contributed by atoms with van der Waals surface area (Å²) in [5.41, 5.74) is 4.56. The number of ketones is 1. The van der Waals surface area contributed by atoms with Crippen LogP contribution >= 0.6 is 0 Å². The molecule has 2 N–H and O–H groups in total. The van der Waals surface area contributed by atoms with Crippen molar-refractivity contribution < 1.29 is 19.4 Å². The van der Waals surface area contributed by atoms with Crippen LogP contribution in [0.3, 0.4) is 0 Å². The Balaban J connectivity index is 1.79. The fraction of sp³-hybridized carbons (Fsp3) is 0.308. The Morgan fingerprint density at radius 3 is 2.35 bits per heavy atom. The Labute approximate surface area is 182 Å². The first-order valence-electron chi connectivity index (χ1n) is 10.6. The zero-order chi connectivity index (χ0) is 22.1. The van der Waals surface area contributed by atoms with Crippen LogP contribution in [-0.2, 0) is 14.3 Å². The van der Waals surface area contributed by atoms with E-state index in [0.29, 0.717) is 29.7 Å². The molecular formula is C26H27NO4. The number of hydrogen-bond acceptors (Lipinski definition) is 5. The predicted molar refractivity (Wildman–Crippen MR) is 118 cm³/mol. The summed E-state index contributed by atoms with van der Waals surface area (Å²) in [4.78, 5) is 26.5. The first-order chi connectivity index (χ1) is 14.8. The lowest BCUT2D eigenvalue weighted by atomic mass is 9.71. The van der Waals surface area contributed by atoms with E-state index < -0.39 is 11.9 Å². The van der Waals surface area contributed by atoms with Gasteiger partial charge in [-0.3, -0.25) is 4.79 Å². The molecule has 5 heteroatoms. The number of nitrogens with one attached hydrogen (secondary N) is 1. The molecular weight excluding hydrogens is 390 g/mol. The molecule has 2 atom stereocenters. The third kappa shape index (κ3) is 4.13. The topological polar surface area (TPSA) is 75.6 Å². The first-order valence-corrected chi connectivity index (χ1v) is 10.6. The van der Waals surface area contributed by atoms with Crippen LogP contribution in [0.15, 0.2) is 77.1 Å². The molecule has 1 aliphatic carbocycles. The quantitative estimate of drug-likeness (QED) is 0.705. The summed E-state index contributed by atoms with van der Waals surface area (Å²) in [6.45, 7) is 5.46. The van der Waals surface area contributed by atoms with Crippen molar-refractivity contribution in [2.45, 2.75) is 51.6 Å². The van der Waals surface area contributed by atoms with Gasteiger partial charge in [0.2, 0.25) is 0 Å². The number of phenols is 1. The maximum absolute atomic E-state index is 13.4. The summed E-state index contributed by atoms with van der Waals surface area (Å²) >= 11 is 0. The van der Waals surface area contributed by atoms with Gasteiger partial charge in [-0.15, -0.1) is 0 Å². The van der Waals surface area contributed by atoms with Crippen molar-refractivity contribution in [3.63, 3.8) is 0 Å². The lowest BCUT2D eigenvalue weighted by Gasteiger charge is -2.37. The highest BCUT2D eigenvalue weighted by molar-refractivity contribution is 6.04. The monoisotopic (exact) mass is 417 g/mol. The van der Waals surface area contributed by atoms with E-state index in [0.717, 1.165) is 16.8 Å². The van der Waals surface area contributed by atoms with E-state index in [1.54, 1.807) is 38.1 Å². The zero-order valence-corrected chi connectivity index (χ0v) is 18.0. The lowest BCUT2D eigenvalue weighted by Crippen LogP contribution is -2.36. The number of benzene rings is 2. The molecule has 0 saturated heterocycles. The van der Waals surface area contributed by atoms with Gasteiger partial charge in [0, 0.05) is 29.3 Å². The van der Waals surface area contributed by atoms with Gasteiger partial charge in [0.05, 0.1) is 11.7 Å². The van der Waals surface area contributed by atoms with Gasteiger partial charge in [-0.25, -0.2) is 4.79 Å². The molecule has 2 aromatic rings. The summed E-state index contributed by atoms with van der Waals surface area (Å²) in [6, 6.07) is 16.8. The molecule has 5 nitrogen and oxygen atoms in total. The van der Waals surface area contributed by atoms with Crippen molar-refractivity contribution in [1.29, 1.82) is 0 Å². The maximum atomic E-state index is 13.4. The van der Waals surface area contributed by atoms with Crippen LogP contribution in [0.1, 0.15) is 56.6 Å². The minimum atomic E-state index is -0.521. The molecule has 31 heavy (non-hydrogen) atoms. The van der Waals surface area contributed by atoms with E-state index in [-0.39, 0.29) is 23.6 Å². The number of hydrogen-bond donors (Lipinski definition) is 2. The molecule has 4 rings (SSSR count). The number of dihydropyridines is 1. The minimum Gasteiger partial charge on any atom is -0.508 e. The van der Waals surface area contributed by atoms with E-state index in [1.807, 2.05) is 25.1 Å². The second kappa shape index (κ2) is 8.42. The van der Waals surface area contributed by atoms with Gasteiger partial charge in [0.15, 0.2) is 5.78 Å². The Morgan fingerprint density at radius 2 is 1.71 bits per heavy atom. The van der Waals surface area contributed by atoms with Gasteiger partial charge < -0.3 is 15.2 Å². The maximum Gasteiger partial charge on any atom is 0.337 e. The normalized spacial score (nSPS) is 21.1. The van der Waals surface area contributed by atoms with Crippen LogP contribution in [-0.4, -0.2) is 23.0 Å². The first kappa shape index (κ1) is 20.9. The average molecular weight is 418 g/mol. The van der Waals surface area contributed by atoms with Gasteiger partial charge in [0.25, 0.3) is 0 Å². The Kier molecular flexibility index (Phi) is 5.68. The number of esters is 1. The van der Waals surface area contributed by atoms with Crippen molar-refractivity contribution in [3.05, 3.63) is 88.3 Å². The van der Waals surface area contributed by atoms with Gasteiger partial charge in [0.1, 0.15) is 5.75 Å². The van der Waals surface area contributed by atoms with Crippen LogP contribution in [0, 0.1) is 0 Å². The molecule has 0 radical (unpaired) electrons. The molecule has 0 saturated carbocycles. The predicted octanol–water partition coefficient (Wildman–Crippen LogP) is 4.71. The summed E-state index contributed by atoms with van der Waals surface area (Å²) < 4.78 is 5.52. The second-order valence-corrected chi connectivity index (χ2v) is 8.47. The average Bonchev–Trinajstić information content (AvgIpc) is 2.73. The molecule has 0 fully saturated rings. The number of allylic oxidation sites excluding steroid dienone is 3. The smallest absolute Gasteiger partial charge is 0.337 e. The van der Waals surface area contributed by atoms with Gasteiger partial charge in [-0.05, 0) is 56.4 Å². The van der Waals surface area contributed by atoms with E-state index in [9.17, 15) is 14.7 Å². The van der Waals surface area contributed by atoms with Crippen molar-refractivity contribution in [3.8, 4) is 5.75 Å². The van der Waals surface area contributed by atoms with Crippen LogP contribution in [0.2, 0.25) is 0 Å². The number of carbonyl (C=O) groups is 2.